The number of hydrogen-bond acceptors (Lipinski definition) is 7. The molecule has 3 rings (SSSR count). The fourth-order valence-corrected chi connectivity index (χ4v) is 4.85. The SMILES string of the molecule is CCN1C(O)CN(C2CC(C3CC3)CN(CC(C)CN)C2NC)C1O. The van der Waals surface area contributed by atoms with E-state index < -0.39 is 12.6 Å². The molecule has 1 saturated carbocycles. The van der Waals surface area contributed by atoms with Crippen molar-refractivity contribution in [2.75, 3.05) is 39.8 Å². The first-order valence-electron chi connectivity index (χ1n) is 9.99. The normalized spacial score (nSPS) is 39.8. The number of likely N-dealkylation sites (N-methyl/N-ethyl adjacent to an activating group) is 2. The highest BCUT2D eigenvalue weighted by Gasteiger charge is 2.48. The molecule has 3 fully saturated rings. The van der Waals surface area contributed by atoms with E-state index in [-0.39, 0.29) is 12.2 Å². The fourth-order valence-electron chi connectivity index (χ4n) is 4.85. The van der Waals surface area contributed by atoms with Gasteiger partial charge in [0.05, 0.1) is 6.17 Å². The summed E-state index contributed by atoms with van der Waals surface area (Å²) in [6.45, 7) is 8.13. The van der Waals surface area contributed by atoms with Crippen LogP contribution in [0, 0.1) is 17.8 Å². The Morgan fingerprint density at radius 2 is 1.92 bits per heavy atom. The van der Waals surface area contributed by atoms with Crippen molar-refractivity contribution in [3.8, 4) is 0 Å². The van der Waals surface area contributed by atoms with Crippen molar-refractivity contribution in [1.29, 1.82) is 0 Å². The van der Waals surface area contributed by atoms with Gasteiger partial charge >= 0.3 is 0 Å². The highest BCUT2D eigenvalue weighted by atomic mass is 16.4. The molecule has 0 aromatic rings. The number of aliphatic hydroxyl groups excluding tert-OH is 2. The molecule has 1 aliphatic carbocycles. The fraction of sp³-hybridized carbons (Fsp3) is 1.00. The van der Waals surface area contributed by atoms with E-state index in [4.69, 9.17) is 5.73 Å². The number of aliphatic hydroxyl groups is 2. The van der Waals surface area contributed by atoms with Crippen LogP contribution in [-0.2, 0) is 0 Å². The molecule has 0 bridgehead atoms. The number of β-amino-alcohol motifs (C(OH)–C–C–N with tert-alkyl or cyclic N) is 1. The van der Waals surface area contributed by atoms with Gasteiger partial charge in [-0.3, -0.25) is 9.80 Å². The molecule has 25 heavy (non-hydrogen) atoms. The highest BCUT2D eigenvalue weighted by molar-refractivity contribution is 4.99. The third-order valence-corrected chi connectivity index (χ3v) is 6.45. The van der Waals surface area contributed by atoms with Crippen LogP contribution in [-0.4, -0.2) is 89.5 Å². The smallest absolute Gasteiger partial charge is 0.168 e. The molecule has 7 heteroatoms. The van der Waals surface area contributed by atoms with Crippen LogP contribution in [0.15, 0.2) is 0 Å². The van der Waals surface area contributed by atoms with Crippen LogP contribution >= 0.6 is 0 Å². The lowest BCUT2D eigenvalue weighted by atomic mass is 9.86. The van der Waals surface area contributed by atoms with Gasteiger partial charge in [-0.25, -0.2) is 4.90 Å². The first-order chi connectivity index (χ1) is 12.0. The van der Waals surface area contributed by atoms with Crippen molar-refractivity contribution in [2.24, 2.45) is 23.5 Å². The molecule has 0 amide bonds. The monoisotopic (exact) mass is 355 g/mol. The molecule has 146 valence electrons. The van der Waals surface area contributed by atoms with Crippen LogP contribution in [0.2, 0.25) is 0 Å². The lowest BCUT2D eigenvalue weighted by Crippen LogP contribution is -2.65. The average molecular weight is 356 g/mol. The quantitative estimate of drug-likeness (QED) is 0.488. The van der Waals surface area contributed by atoms with Gasteiger partial charge in [-0.2, -0.15) is 0 Å². The second-order valence-electron chi connectivity index (χ2n) is 8.28. The lowest BCUT2D eigenvalue weighted by Gasteiger charge is -2.49. The maximum absolute atomic E-state index is 10.8. The Hall–Kier alpha value is -0.280. The van der Waals surface area contributed by atoms with Crippen molar-refractivity contribution >= 4 is 0 Å². The summed E-state index contributed by atoms with van der Waals surface area (Å²) in [5, 5.41) is 24.6. The van der Waals surface area contributed by atoms with Gasteiger partial charge in [0.2, 0.25) is 0 Å². The molecule has 2 heterocycles. The zero-order valence-electron chi connectivity index (χ0n) is 16.0. The van der Waals surface area contributed by atoms with Crippen molar-refractivity contribution in [1.82, 2.24) is 20.0 Å². The van der Waals surface area contributed by atoms with E-state index in [1.807, 2.05) is 14.0 Å². The third kappa shape index (κ3) is 4.03. The van der Waals surface area contributed by atoms with Gasteiger partial charge in [-0.15, -0.1) is 0 Å². The Morgan fingerprint density at radius 1 is 1.20 bits per heavy atom. The number of nitrogens with two attached hydrogens (primary N) is 1. The average Bonchev–Trinajstić information content (AvgIpc) is 3.40. The Kier molecular flexibility index (Phi) is 6.36. The van der Waals surface area contributed by atoms with E-state index in [1.165, 1.54) is 12.8 Å². The summed E-state index contributed by atoms with van der Waals surface area (Å²) in [5.41, 5.74) is 5.88. The second kappa shape index (κ2) is 8.17. The standard InChI is InChI=1S/C18H37N5O2/c1-4-22-16(24)11-23(18(22)25)15-7-14(13-5-6-13)10-21(17(15)20-3)9-12(2)8-19/h12-18,20,24-25H,4-11,19H2,1-3H3. The largest absolute Gasteiger partial charge is 0.377 e. The number of hydrogen-bond donors (Lipinski definition) is 4. The zero-order chi connectivity index (χ0) is 18.1. The molecule has 2 aliphatic heterocycles. The van der Waals surface area contributed by atoms with E-state index in [0.717, 1.165) is 25.4 Å². The molecule has 3 aliphatic rings. The van der Waals surface area contributed by atoms with Gasteiger partial charge in [0.25, 0.3) is 0 Å². The Morgan fingerprint density at radius 3 is 2.44 bits per heavy atom. The number of piperidine rings is 1. The number of nitrogens with one attached hydrogen (secondary N) is 1. The topological polar surface area (TPSA) is 88.2 Å². The number of nitrogens with zero attached hydrogens (tertiary/aromatic N) is 3. The summed E-state index contributed by atoms with van der Waals surface area (Å²) < 4.78 is 0. The summed E-state index contributed by atoms with van der Waals surface area (Å²) in [5.74, 6) is 1.97. The molecular weight excluding hydrogens is 318 g/mol. The van der Waals surface area contributed by atoms with Gasteiger partial charge in [0, 0.05) is 32.2 Å². The van der Waals surface area contributed by atoms with Gasteiger partial charge in [-0.1, -0.05) is 13.8 Å². The van der Waals surface area contributed by atoms with Crippen LogP contribution in [0.25, 0.3) is 0 Å². The molecule has 0 aromatic carbocycles. The third-order valence-electron chi connectivity index (χ3n) is 6.45. The van der Waals surface area contributed by atoms with Crippen LogP contribution in [0.3, 0.4) is 0 Å². The summed E-state index contributed by atoms with van der Waals surface area (Å²) >= 11 is 0. The lowest BCUT2D eigenvalue weighted by molar-refractivity contribution is -0.122. The van der Waals surface area contributed by atoms with E-state index in [9.17, 15) is 10.2 Å². The molecule has 2 saturated heterocycles. The maximum Gasteiger partial charge on any atom is 0.168 e. The second-order valence-corrected chi connectivity index (χ2v) is 8.28. The Balaban J connectivity index is 1.79. The molecule has 0 radical (unpaired) electrons. The first kappa shape index (κ1) is 19.5. The summed E-state index contributed by atoms with van der Waals surface area (Å²) in [6.07, 6.45) is 2.67. The highest BCUT2D eigenvalue weighted by Crippen LogP contribution is 2.43. The maximum atomic E-state index is 10.8. The van der Waals surface area contributed by atoms with Crippen molar-refractivity contribution < 1.29 is 10.2 Å². The van der Waals surface area contributed by atoms with Crippen LogP contribution in [0.4, 0.5) is 0 Å². The number of rotatable bonds is 7. The van der Waals surface area contributed by atoms with Gasteiger partial charge in [0.1, 0.15) is 6.23 Å². The van der Waals surface area contributed by atoms with Crippen LogP contribution in [0.5, 0.6) is 0 Å². The minimum Gasteiger partial charge on any atom is -0.377 e. The van der Waals surface area contributed by atoms with E-state index in [0.29, 0.717) is 31.5 Å². The molecule has 6 unspecified atom stereocenters. The molecule has 7 nitrogen and oxygen atoms in total. The summed E-state index contributed by atoms with van der Waals surface area (Å²) in [4.78, 5) is 6.40. The van der Waals surface area contributed by atoms with Crippen LogP contribution in [0.1, 0.15) is 33.1 Å². The van der Waals surface area contributed by atoms with Crippen molar-refractivity contribution in [3.63, 3.8) is 0 Å². The molecule has 6 atom stereocenters. The predicted octanol–water partition coefficient (Wildman–Crippen LogP) is -0.541. The molecule has 0 spiro atoms. The first-order valence-corrected chi connectivity index (χ1v) is 9.99. The van der Waals surface area contributed by atoms with Gasteiger partial charge in [-0.05, 0) is 50.6 Å². The predicted molar refractivity (Wildman–Crippen MR) is 98.4 cm³/mol. The van der Waals surface area contributed by atoms with Crippen molar-refractivity contribution in [2.45, 2.75) is 57.9 Å². The van der Waals surface area contributed by atoms with E-state index in [2.05, 4.69) is 22.0 Å². The van der Waals surface area contributed by atoms with E-state index in [1.54, 1.807) is 4.90 Å². The number of likely N-dealkylation sites (tertiary alicyclic amines) is 1. The minimum atomic E-state index is -0.701. The zero-order valence-corrected chi connectivity index (χ0v) is 16.0. The Bertz CT molecular complexity index is 436. The van der Waals surface area contributed by atoms with Gasteiger partial charge in [0.15, 0.2) is 6.35 Å². The summed E-state index contributed by atoms with van der Waals surface area (Å²) in [7, 11) is 2.01. The van der Waals surface area contributed by atoms with Crippen molar-refractivity contribution in [3.05, 3.63) is 0 Å². The molecule has 0 aromatic heterocycles. The minimum absolute atomic E-state index is 0.183. The molecule has 5 N–H and O–H groups in total. The summed E-state index contributed by atoms with van der Waals surface area (Å²) in [6, 6.07) is 0.204. The molecular formula is C18H37N5O2. The van der Waals surface area contributed by atoms with E-state index >= 15 is 0 Å². The van der Waals surface area contributed by atoms with Gasteiger partial charge < -0.3 is 21.3 Å². The Labute approximate surface area is 152 Å². The van der Waals surface area contributed by atoms with Crippen LogP contribution < -0.4 is 11.1 Å².